The Morgan fingerprint density at radius 2 is 2.08 bits per heavy atom. The number of nitrogens with one attached hydrogen (secondary N) is 1. The Hall–Kier alpha value is -3.88. The van der Waals surface area contributed by atoms with Crippen LogP contribution in [0.5, 0.6) is 11.5 Å². The number of phenolic OH excluding ortho intramolecular Hbond substituents is 2. The number of non-ortho nitro benzene ring substituents is 1. The van der Waals surface area contributed by atoms with Gasteiger partial charge in [0.15, 0.2) is 0 Å². The number of rotatable bonds is 4. The molecule has 132 valence electrons. The number of carbonyl (C=O) groups excluding carboxylic acids is 1. The summed E-state index contributed by atoms with van der Waals surface area (Å²) in [5, 5.41) is 34.8. The average molecular weight is 355 g/mol. The Labute approximate surface area is 146 Å². The normalized spacial score (nSPS) is 11.1. The molecule has 0 atom stereocenters. The Morgan fingerprint density at radius 3 is 2.81 bits per heavy atom. The molecule has 9 heteroatoms. The lowest BCUT2D eigenvalue weighted by Crippen LogP contribution is -2.17. The van der Waals surface area contributed by atoms with Gasteiger partial charge >= 0.3 is 0 Å². The van der Waals surface area contributed by atoms with E-state index in [1.54, 1.807) is 13.0 Å². The lowest BCUT2D eigenvalue weighted by atomic mass is 10.1. The van der Waals surface area contributed by atoms with Crippen molar-refractivity contribution < 1.29 is 24.3 Å². The zero-order chi connectivity index (χ0) is 18.8. The number of hydrogen-bond acceptors (Lipinski definition) is 7. The molecule has 3 N–H and O–H groups in total. The fraction of sp³-hybridized carbons (Fsp3) is 0.0588. The second kappa shape index (κ2) is 6.55. The van der Waals surface area contributed by atoms with E-state index in [9.17, 15) is 25.1 Å². The first-order valence-corrected chi connectivity index (χ1v) is 7.39. The fourth-order valence-corrected chi connectivity index (χ4v) is 2.43. The number of hydrazone groups is 1. The third-order valence-corrected chi connectivity index (χ3v) is 3.73. The molecular formula is C17H13N3O6. The van der Waals surface area contributed by atoms with Crippen molar-refractivity contribution in [2.24, 2.45) is 5.10 Å². The first-order valence-electron chi connectivity index (χ1n) is 7.39. The number of nitro groups is 1. The molecule has 0 aliphatic carbocycles. The predicted molar refractivity (Wildman–Crippen MR) is 92.4 cm³/mol. The van der Waals surface area contributed by atoms with Crippen LogP contribution in [-0.2, 0) is 0 Å². The molecule has 0 saturated carbocycles. The molecule has 1 aromatic heterocycles. The molecule has 0 radical (unpaired) electrons. The van der Waals surface area contributed by atoms with Gasteiger partial charge in [-0.25, -0.2) is 5.43 Å². The highest BCUT2D eigenvalue weighted by Crippen LogP contribution is 2.32. The summed E-state index contributed by atoms with van der Waals surface area (Å²) in [6.45, 7) is 1.73. The van der Waals surface area contributed by atoms with E-state index in [4.69, 9.17) is 4.42 Å². The molecule has 0 unspecified atom stereocenters. The van der Waals surface area contributed by atoms with Crippen LogP contribution in [0.15, 0.2) is 46.1 Å². The molecule has 0 fully saturated rings. The molecule has 3 rings (SSSR count). The van der Waals surface area contributed by atoms with Crippen LogP contribution >= 0.6 is 0 Å². The van der Waals surface area contributed by atoms with Crippen molar-refractivity contribution in [2.45, 2.75) is 6.92 Å². The third kappa shape index (κ3) is 3.05. The number of benzene rings is 2. The van der Waals surface area contributed by atoms with E-state index in [-0.39, 0.29) is 28.3 Å². The largest absolute Gasteiger partial charge is 0.507 e. The van der Waals surface area contributed by atoms with Crippen LogP contribution in [0, 0.1) is 17.0 Å². The van der Waals surface area contributed by atoms with Crippen molar-refractivity contribution in [1.29, 1.82) is 0 Å². The molecule has 0 aliphatic rings. The summed E-state index contributed by atoms with van der Waals surface area (Å²) in [4.78, 5) is 22.3. The minimum Gasteiger partial charge on any atom is -0.507 e. The predicted octanol–water partition coefficient (Wildman–Crippen LogP) is 2.82. The van der Waals surface area contributed by atoms with Gasteiger partial charge in [0.05, 0.1) is 28.4 Å². The van der Waals surface area contributed by atoms with Gasteiger partial charge in [0.2, 0.25) is 0 Å². The number of aryl methyl sites for hydroxylation is 1. The lowest BCUT2D eigenvalue weighted by molar-refractivity contribution is -0.384. The van der Waals surface area contributed by atoms with E-state index in [0.29, 0.717) is 16.5 Å². The van der Waals surface area contributed by atoms with Gasteiger partial charge in [-0.05, 0) is 30.7 Å². The van der Waals surface area contributed by atoms with Gasteiger partial charge in [0, 0.05) is 17.7 Å². The maximum Gasteiger partial charge on any atom is 0.275 e. The standard InChI is InChI=1S/C17H13N3O6/c1-9-8-26-14-5-3-12(16(22)15(9)14)17(23)19-18-7-10-6-11(20(24)25)2-4-13(10)21/h2-8,21-22H,1H3,(H,19,23). The molecule has 0 aliphatic heterocycles. The fourth-order valence-electron chi connectivity index (χ4n) is 2.43. The molecule has 3 aromatic rings. The zero-order valence-corrected chi connectivity index (χ0v) is 13.5. The van der Waals surface area contributed by atoms with Crippen LogP contribution in [0.2, 0.25) is 0 Å². The topological polar surface area (TPSA) is 138 Å². The molecule has 2 aromatic carbocycles. The van der Waals surface area contributed by atoms with E-state index in [1.807, 2.05) is 0 Å². The van der Waals surface area contributed by atoms with Crippen molar-refractivity contribution in [2.75, 3.05) is 0 Å². The summed E-state index contributed by atoms with van der Waals surface area (Å²) in [7, 11) is 0. The van der Waals surface area contributed by atoms with E-state index in [1.165, 1.54) is 12.3 Å². The first-order chi connectivity index (χ1) is 12.4. The zero-order valence-electron chi connectivity index (χ0n) is 13.5. The van der Waals surface area contributed by atoms with Gasteiger partial charge in [-0.3, -0.25) is 14.9 Å². The summed E-state index contributed by atoms with van der Waals surface area (Å²) in [6, 6.07) is 6.35. The Morgan fingerprint density at radius 1 is 1.31 bits per heavy atom. The number of carbonyl (C=O) groups is 1. The number of aromatic hydroxyl groups is 2. The molecular weight excluding hydrogens is 342 g/mol. The van der Waals surface area contributed by atoms with E-state index >= 15 is 0 Å². The Bertz CT molecular complexity index is 1050. The molecule has 0 saturated heterocycles. The van der Waals surface area contributed by atoms with E-state index in [2.05, 4.69) is 10.5 Å². The van der Waals surface area contributed by atoms with Crippen molar-refractivity contribution >= 4 is 28.8 Å². The van der Waals surface area contributed by atoms with Gasteiger partial charge in [-0.2, -0.15) is 5.10 Å². The lowest BCUT2D eigenvalue weighted by Gasteiger charge is -2.04. The summed E-state index contributed by atoms with van der Waals surface area (Å²) < 4.78 is 5.24. The summed E-state index contributed by atoms with van der Waals surface area (Å²) in [5.74, 6) is -1.15. The summed E-state index contributed by atoms with van der Waals surface area (Å²) in [6.07, 6.45) is 2.54. The smallest absolute Gasteiger partial charge is 0.275 e. The van der Waals surface area contributed by atoms with E-state index in [0.717, 1.165) is 24.4 Å². The minimum absolute atomic E-state index is 0.0117. The number of nitrogens with zero attached hydrogens (tertiary/aromatic N) is 2. The monoisotopic (exact) mass is 355 g/mol. The molecule has 0 bridgehead atoms. The average Bonchev–Trinajstić information content (AvgIpc) is 2.98. The van der Waals surface area contributed by atoms with Crippen LogP contribution < -0.4 is 5.43 Å². The quantitative estimate of drug-likeness (QED) is 0.374. The van der Waals surface area contributed by atoms with Crippen LogP contribution in [0.25, 0.3) is 11.0 Å². The Kier molecular flexibility index (Phi) is 4.27. The van der Waals surface area contributed by atoms with Crippen molar-refractivity contribution in [3.63, 3.8) is 0 Å². The SMILES string of the molecule is Cc1coc2ccc(C(=O)NN=Cc3cc([N+](=O)[O-])ccc3O)c(O)c12. The van der Waals surface area contributed by atoms with Crippen LogP contribution in [-0.4, -0.2) is 27.3 Å². The minimum atomic E-state index is -0.689. The number of phenols is 2. The van der Waals surface area contributed by atoms with E-state index < -0.39 is 10.8 Å². The number of nitro benzene ring substituents is 1. The number of fused-ring (bicyclic) bond motifs is 1. The highest BCUT2D eigenvalue weighted by Gasteiger charge is 2.17. The summed E-state index contributed by atoms with van der Waals surface area (Å²) >= 11 is 0. The number of furan rings is 1. The molecule has 26 heavy (non-hydrogen) atoms. The van der Waals surface area contributed by atoms with Crippen molar-refractivity contribution in [1.82, 2.24) is 5.43 Å². The molecule has 1 heterocycles. The second-order valence-corrected chi connectivity index (χ2v) is 5.45. The maximum atomic E-state index is 12.2. The number of amides is 1. The third-order valence-electron chi connectivity index (χ3n) is 3.73. The highest BCUT2D eigenvalue weighted by molar-refractivity contribution is 6.03. The van der Waals surface area contributed by atoms with Gasteiger partial charge in [-0.1, -0.05) is 0 Å². The van der Waals surface area contributed by atoms with Gasteiger partial charge in [0.1, 0.15) is 17.1 Å². The van der Waals surface area contributed by atoms with Crippen LogP contribution in [0.4, 0.5) is 5.69 Å². The summed E-state index contributed by atoms with van der Waals surface area (Å²) in [5.41, 5.74) is 3.14. The molecule has 9 nitrogen and oxygen atoms in total. The molecule has 1 amide bonds. The van der Waals surface area contributed by atoms with Gasteiger partial charge in [0.25, 0.3) is 11.6 Å². The van der Waals surface area contributed by atoms with Crippen molar-refractivity contribution in [3.8, 4) is 11.5 Å². The van der Waals surface area contributed by atoms with Gasteiger partial charge < -0.3 is 14.6 Å². The maximum absolute atomic E-state index is 12.2. The van der Waals surface area contributed by atoms with Crippen LogP contribution in [0.1, 0.15) is 21.5 Å². The van der Waals surface area contributed by atoms with Crippen LogP contribution in [0.3, 0.4) is 0 Å². The Balaban J connectivity index is 1.82. The first kappa shape index (κ1) is 17.0. The number of hydrogen-bond donors (Lipinski definition) is 3. The molecule has 0 spiro atoms. The van der Waals surface area contributed by atoms with Crippen molar-refractivity contribution in [3.05, 3.63) is 63.4 Å². The van der Waals surface area contributed by atoms with Gasteiger partial charge in [-0.15, -0.1) is 0 Å². The highest BCUT2D eigenvalue weighted by atomic mass is 16.6. The second-order valence-electron chi connectivity index (χ2n) is 5.45.